The van der Waals surface area contributed by atoms with Crippen LogP contribution in [0.1, 0.15) is 58.8 Å². The Morgan fingerprint density at radius 3 is 2.64 bits per heavy atom. The standard InChI is InChI=1S/C20H26O2/c1-12-10-14(21)11-13-4-5-15-16-6-7-18(22)19(16,2)9-8-17(15)20(12,13)3/h11,15-17H,1,4-10H2,2-3H3/t15-,16-,17+,19-,20-/m0/s1. The van der Waals surface area contributed by atoms with Gasteiger partial charge in [0, 0.05) is 23.7 Å². The van der Waals surface area contributed by atoms with Gasteiger partial charge in [0.1, 0.15) is 5.78 Å². The maximum atomic E-state index is 12.4. The van der Waals surface area contributed by atoms with Crippen LogP contribution in [-0.4, -0.2) is 11.6 Å². The quantitative estimate of drug-likeness (QED) is 0.626. The molecule has 22 heavy (non-hydrogen) atoms. The molecule has 0 bridgehead atoms. The summed E-state index contributed by atoms with van der Waals surface area (Å²) in [5.41, 5.74) is 2.38. The molecule has 0 aromatic carbocycles. The highest BCUT2D eigenvalue weighted by molar-refractivity contribution is 5.94. The molecule has 0 saturated heterocycles. The average molecular weight is 298 g/mol. The second-order valence-corrected chi connectivity index (χ2v) is 8.45. The minimum atomic E-state index is -0.0649. The Kier molecular flexibility index (Phi) is 2.90. The van der Waals surface area contributed by atoms with Crippen molar-refractivity contribution in [3.63, 3.8) is 0 Å². The molecule has 0 N–H and O–H groups in total. The molecular formula is C20H26O2. The van der Waals surface area contributed by atoms with E-state index in [4.69, 9.17) is 0 Å². The molecule has 0 spiro atoms. The van der Waals surface area contributed by atoms with E-state index in [1.165, 1.54) is 5.57 Å². The third-order valence-electron chi connectivity index (χ3n) is 7.76. The average Bonchev–Trinajstić information content (AvgIpc) is 2.77. The molecule has 0 aromatic rings. The summed E-state index contributed by atoms with van der Waals surface area (Å²) in [5, 5.41) is 0. The molecule has 0 heterocycles. The fraction of sp³-hybridized carbons (Fsp3) is 0.700. The third kappa shape index (κ3) is 1.62. The molecule has 0 unspecified atom stereocenters. The minimum absolute atomic E-state index is 0.00376. The summed E-state index contributed by atoms with van der Waals surface area (Å²) in [5.74, 6) is 2.50. The van der Waals surface area contributed by atoms with Crippen LogP contribution in [0.4, 0.5) is 0 Å². The van der Waals surface area contributed by atoms with Crippen molar-refractivity contribution in [1.82, 2.24) is 0 Å². The molecule has 3 saturated carbocycles. The van der Waals surface area contributed by atoms with Crippen molar-refractivity contribution in [2.45, 2.75) is 58.8 Å². The molecule has 4 rings (SSSR count). The number of carbonyl (C=O) groups excluding carboxylic acids is 2. The first kappa shape index (κ1) is 14.4. The first-order valence-corrected chi connectivity index (χ1v) is 8.83. The molecule has 0 radical (unpaired) electrons. The van der Waals surface area contributed by atoms with Crippen molar-refractivity contribution in [3.8, 4) is 0 Å². The number of hydrogen-bond donors (Lipinski definition) is 0. The van der Waals surface area contributed by atoms with E-state index < -0.39 is 0 Å². The van der Waals surface area contributed by atoms with Crippen LogP contribution in [0, 0.1) is 28.6 Å². The molecule has 0 aliphatic heterocycles. The third-order valence-corrected chi connectivity index (χ3v) is 7.76. The number of rotatable bonds is 0. The Hall–Kier alpha value is -1.18. The summed E-state index contributed by atoms with van der Waals surface area (Å²) in [6.07, 6.45) is 8.61. The molecule has 2 heteroatoms. The van der Waals surface area contributed by atoms with Crippen LogP contribution < -0.4 is 0 Å². The van der Waals surface area contributed by atoms with Crippen molar-refractivity contribution in [2.24, 2.45) is 28.6 Å². The number of fused-ring (bicyclic) bond motifs is 5. The molecule has 0 amide bonds. The van der Waals surface area contributed by atoms with Crippen molar-refractivity contribution >= 4 is 11.6 Å². The van der Waals surface area contributed by atoms with Crippen LogP contribution in [0.25, 0.3) is 0 Å². The lowest BCUT2D eigenvalue weighted by Crippen LogP contribution is -2.51. The summed E-state index contributed by atoms with van der Waals surface area (Å²) in [6.45, 7) is 8.84. The van der Waals surface area contributed by atoms with Gasteiger partial charge in [0.2, 0.25) is 0 Å². The smallest absolute Gasteiger partial charge is 0.159 e. The molecular weight excluding hydrogens is 272 g/mol. The van der Waals surface area contributed by atoms with Gasteiger partial charge in [-0.15, -0.1) is 0 Å². The molecule has 2 nitrogen and oxygen atoms in total. The zero-order chi connectivity index (χ0) is 15.7. The summed E-state index contributed by atoms with van der Waals surface area (Å²) in [4.78, 5) is 24.3. The van der Waals surface area contributed by atoms with E-state index in [0.717, 1.165) is 44.1 Å². The molecule has 5 atom stereocenters. The highest BCUT2D eigenvalue weighted by atomic mass is 16.1. The Balaban J connectivity index is 1.75. The Morgan fingerprint density at radius 2 is 1.86 bits per heavy atom. The fourth-order valence-corrected chi connectivity index (χ4v) is 6.35. The van der Waals surface area contributed by atoms with Gasteiger partial charge in [-0.2, -0.15) is 0 Å². The fourth-order valence-electron chi connectivity index (χ4n) is 6.35. The van der Waals surface area contributed by atoms with Gasteiger partial charge >= 0.3 is 0 Å². The first-order valence-electron chi connectivity index (χ1n) is 8.83. The molecule has 4 aliphatic rings. The highest BCUT2D eigenvalue weighted by Crippen LogP contribution is 2.65. The predicted octanol–water partition coefficient (Wildman–Crippen LogP) is 4.25. The lowest BCUT2D eigenvalue weighted by molar-refractivity contribution is -0.131. The van der Waals surface area contributed by atoms with E-state index in [9.17, 15) is 9.59 Å². The minimum Gasteiger partial charge on any atom is -0.299 e. The van der Waals surface area contributed by atoms with E-state index in [0.29, 0.717) is 30.0 Å². The van der Waals surface area contributed by atoms with E-state index in [1.54, 1.807) is 0 Å². The summed E-state index contributed by atoms with van der Waals surface area (Å²) < 4.78 is 0. The molecule has 118 valence electrons. The van der Waals surface area contributed by atoms with Crippen molar-refractivity contribution < 1.29 is 9.59 Å². The van der Waals surface area contributed by atoms with Crippen LogP contribution in [0.5, 0.6) is 0 Å². The Morgan fingerprint density at radius 1 is 1.09 bits per heavy atom. The Labute approximate surface area is 133 Å². The van der Waals surface area contributed by atoms with Gasteiger partial charge in [0.15, 0.2) is 5.78 Å². The van der Waals surface area contributed by atoms with Gasteiger partial charge in [-0.25, -0.2) is 0 Å². The molecule has 0 aromatic heterocycles. The number of Topliss-reactive ketones (excluding diaryl/α,β-unsaturated/α-hetero) is 1. The van der Waals surface area contributed by atoms with Crippen molar-refractivity contribution in [3.05, 3.63) is 23.8 Å². The Bertz CT molecular complexity index is 613. The normalized spacial score (nSPS) is 47.6. The van der Waals surface area contributed by atoms with Crippen LogP contribution >= 0.6 is 0 Å². The maximum absolute atomic E-state index is 12.4. The second-order valence-electron chi connectivity index (χ2n) is 8.45. The summed E-state index contributed by atoms with van der Waals surface area (Å²) in [7, 11) is 0. The number of allylic oxidation sites excluding steroid dienone is 2. The van der Waals surface area contributed by atoms with Crippen LogP contribution in [0.15, 0.2) is 23.8 Å². The van der Waals surface area contributed by atoms with Gasteiger partial charge in [0.25, 0.3) is 0 Å². The SMILES string of the molecule is C=C1CC(=O)C=C2CC[C@@H]3[C@@H](CC[C@]4(C)C(=O)CC[C@@H]34)[C@@]12C. The monoisotopic (exact) mass is 298 g/mol. The predicted molar refractivity (Wildman–Crippen MR) is 86.2 cm³/mol. The molecule has 4 aliphatic carbocycles. The van der Waals surface area contributed by atoms with Gasteiger partial charge in [-0.05, 0) is 55.9 Å². The first-order chi connectivity index (χ1) is 10.4. The summed E-state index contributed by atoms with van der Waals surface area (Å²) >= 11 is 0. The maximum Gasteiger partial charge on any atom is 0.159 e. The van der Waals surface area contributed by atoms with Crippen molar-refractivity contribution in [1.29, 1.82) is 0 Å². The number of ketones is 2. The van der Waals surface area contributed by atoms with Crippen molar-refractivity contribution in [2.75, 3.05) is 0 Å². The van der Waals surface area contributed by atoms with Crippen LogP contribution in [-0.2, 0) is 9.59 Å². The number of carbonyl (C=O) groups is 2. The van der Waals surface area contributed by atoms with E-state index in [1.807, 2.05) is 6.08 Å². The second kappa shape index (κ2) is 4.43. The van der Waals surface area contributed by atoms with Gasteiger partial charge in [-0.3, -0.25) is 9.59 Å². The largest absolute Gasteiger partial charge is 0.299 e. The van der Waals surface area contributed by atoms with Gasteiger partial charge < -0.3 is 0 Å². The van der Waals surface area contributed by atoms with E-state index >= 15 is 0 Å². The van der Waals surface area contributed by atoms with Crippen LogP contribution in [0.2, 0.25) is 0 Å². The molecule has 3 fully saturated rings. The van der Waals surface area contributed by atoms with Gasteiger partial charge in [-0.1, -0.05) is 31.6 Å². The topological polar surface area (TPSA) is 34.1 Å². The zero-order valence-corrected chi connectivity index (χ0v) is 13.8. The van der Waals surface area contributed by atoms with Gasteiger partial charge in [0.05, 0.1) is 0 Å². The zero-order valence-electron chi connectivity index (χ0n) is 13.8. The van der Waals surface area contributed by atoms with Crippen LogP contribution in [0.3, 0.4) is 0 Å². The lowest BCUT2D eigenvalue weighted by atomic mass is 9.46. The summed E-state index contributed by atoms with van der Waals surface area (Å²) in [6, 6.07) is 0. The van der Waals surface area contributed by atoms with E-state index in [2.05, 4.69) is 20.4 Å². The highest BCUT2D eigenvalue weighted by Gasteiger charge is 2.59. The lowest BCUT2D eigenvalue weighted by Gasteiger charge is -2.57. The van der Waals surface area contributed by atoms with E-state index in [-0.39, 0.29) is 16.6 Å². The number of hydrogen-bond acceptors (Lipinski definition) is 2.